The molecule has 0 saturated carbocycles. The van der Waals surface area contributed by atoms with E-state index in [1.807, 2.05) is 6.07 Å². The van der Waals surface area contributed by atoms with Crippen molar-refractivity contribution in [3.63, 3.8) is 0 Å². The lowest BCUT2D eigenvalue weighted by molar-refractivity contribution is 0.397. The number of rotatable bonds is 3. The fourth-order valence-electron chi connectivity index (χ4n) is 4.07. The summed E-state index contributed by atoms with van der Waals surface area (Å²) in [5.41, 5.74) is 0.890. The number of pyridine rings is 1. The third kappa shape index (κ3) is 2.49. The molecule has 0 N–H and O–H groups in total. The molecule has 5 rings (SSSR count). The first-order valence-electron chi connectivity index (χ1n) is 8.73. The van der Waals surface area contributed by atoms with E-state index in [1.165, 1.54) is 0 Å². The zero-order chi connectivity index (χ0) is 17.5. The highest BCUT2D eigenvalue weighted by molar-refractivity contribution is 5.88. The Kier molecular flexibility index (Phi) is 3.55. The van der Waals surface area contributed by atoms with Crippen molar-refractivity contribution in [2.75, 3.05) is 43.1 Å². The van der Waals surface area contributed by atoms with Gasteiger partial charge in [-0.1, -0.05) is 0 Å². The van der Waals surface area contributed by atoms with Gasteiger partial charge in [-0.05, 0) is 6.07 Å². The molecule has 26 heavy (non-hydrogen) atoms. The SMILES string of the molecule is COc1ccnc(N2CC3CN(c4ncnc5cnccc45)CC3C2)n1. The number of methoxy groups -OCH3 is 1. The van der Waals surface area contributed by atoms with Crippen LogP contribution in [0.5, 0.6) is 5.88 Å². The Hall–Kier alpha value is -3.03. The normalized spacial score (nSPS) is 22.0. The number of hydrogen-bond acceptors (Lipinski definition) is 8. The highest BCUT2D eigenvalue weighted by Gasteiger charge is 2.41. The van der Waals surface area contributed by atoms with Crippen molar-refractivity contribution in [3.05, 3.63) is 37.1 Å². The Morgan fingerprint density at radius 1 is 0.962 bits per heavy atom. The van der Waals surface area contributed by atoms with E-state index >= 15 is 0 Å². The third-order valence-electron chi connectivity index (χ3n) is 5.31. The molecule has 2 unspecified atom stereocenters. The van der Waals surface area contributed by atoms with Crippen LogP contribution in [0.4, 0.5) is 11.8 Å². The molecule has 0 amide bonds. The summed E-state index contributed by atoms with van der Waals surface area (Å²) >= 11 is 0. The topological polar surface area (TPSA) is 80.2 Å². The summed E-state index contributed by atoms with van der Waals surface area (Å²) in [4.78, 5) is 26.5. The van der Waals surface area contributed by atoms with Gasteiger partial charge in [-0.25, -0.2) is 15.0 Å². The molecule has 8 nitrogen and oxygen atoms in total. The molecule has 3 aromatic heterocycles. The first kappa shape index (κ1) is 15.2. The molecule has 5 heterocycles. The van der Waals surface area contributed by atoms with Gasteiger partial charge in [-0.15, -0.1) is 0 Å². The number of fused-ring (bicyclic) bond motifs is 2. The van der Waals surface area contributed by atoms with Crippen molar-refractivity contribution in [3.8, 4) is 5.88 Å². The lowest BCUT2D eigenvalue weighted by Crippen LogP contribution is -2.30. The molecule has 2 atom stereocenters. The van der Waals surface area contributed by atoms with Crippen LogP contribution >= 0.6 is 0 Å². The first-order chi connectivity index (χ1) is 12.8. The minimum atomic E-state index is 0.580. The molecular formula is C18H19N7O. The highest BCUT2D eigenvalue weighted by Crippen LogP contribution is 2.36. The maximum absolute atomic E-state index is 5.22. The Morgan fingerprint density at radius 2 is 1.77 bits per heavy atom. The average Bonchev–Trinajstić information content (AvgIpc) is 3.27. The largest absolute Gasteiger partial charge is 0.481 e. The van der Waals surface area contributed by atoms with Crippen LogP contribution in [0.3, 0.4) is 0 Å². The fraction of sp³-hybridized carbons (Fsp3) is 0.389. The van der Waals surface area contributed by atoms with Gasteiger partial charge in [-0.2, -0.15) is 4.98 Å². The Morgan fingerprint density at radius 3 is 2.58 bits per heavy atom. The van der Waals surface area contributed by atoms with Gasteiger partial charge in [-0.3, -0.25) is 4.98 Å². The van der Waals surface area contributed by atoms with Crippen LogP contribution < -0.4 is 14.5 Å². The molecule has 2 aliphatic rings. The van der Waals surface area contributed by atoms with Gasteiger partial charge >= 0.3 is 0 Å². The van der Waals surface area contributed by atoms with Crippen LogP contribution in [0.2, 0.25) is 0 Å². The Balaban J connectivity index is 1.35. The molecule has 8 heteroatoms. The van der Waals surface area contributed by atoms with E-state index in [2.05, 4.69) is 34.7 Å². The van der Waals surface area contributed by atoms with Crippen LogP contribution in [-0.2, 0) is 0 Å². The van der Waals surface area contributed by atoms with Crippen molar-refractivity contribution >= 4 is 22.7 Å². The zero-order valence-electron chi connectivity index (χ0n) is 14.5. The van der Waals surface area contributed by atoms with Gasteiger partial charge < -0.3 is 14.5 Å². The van der Waals surface area contributed by atoms with E-state index in [0.717, 1.165) is 48.8 Å². The van der Waals surface area contributed by atoms with Crippen LogP contribution in [-0.4, -0.2) is 58.2 Å². The second kappa shape index (κ2) is 6.05. The van der Waals surface area contributed by atoms with Gasteiger partial charge in [0.2, 0.25) is 11.8 Å². The molecule has 0 radical (unpaired) electrons. The average molecular weight is 349 g/mol. The van der Waals surface area contributed by atoms with E-state index in [1.54, 1.807) is 38.1 Å². The minimum absolute atomic E-state index is 0.580. The standard InChI is InChI=1S/C18H19N7O/c1-26-16-3-5-20-18(23-16)25-9-12-7-24(8-13(12)10-25)17-14-2-4-19-6-15(14)21-11-22-17/h2-6,11-13H,7-10H2,1H3. The van der Waals surface area contributed by atoms with Crippen molar-refractivity contribution in [2.24, 2.45) is 11.8 Å². The maximum atomic E-state index is 5.22. The monoisotopic (exact) mass is 349 g/mol. The molecule has 2 aliphatic heterocycles. The van der Waals surface area contributed by atoms with Crippen LogP contribution in [0.15, 0.2) is 37.1 Å². The summed E-state index contributed by atoms with van der Waals surface area (Å²) in [5, 5.41) is 1.07. The predicted molar refractivity (Wildman–Crippen MR) is 97.3 cm³/mol. The van der Waals surface area contributed by atoms with Crippen LogP contribution in [0.25, 0.3) is 10.9 Å². The van der Waals surface area contributed by atoms with E-state index in [-0.39, 0.29) is 0 Å². The number of hydrogen-bond donors (Lipinski definition) is 0. The summed E-state index contributed by atoms with van der Waals surface area (Å²) in [6, 6.07) is 3.77. The Bertz CT molecular complexity index is 930. The molecule has 132 valence electrons. The summed E-state index contributed by atoms with van der Waals surface area (Å²) < 4.78 is 5.22. The molecule has 0 bridgehead atoms. The zero-order valence-corrected chi connectivity index (χ0v) is 14.5. The van der Waals surface area contributed by atoms with E-state index in [0.29, 0.717) is 17.7 Å². The molecule has 2 fully saturated rings. The quantitative estimate of drug-likeness (QED) is 0.702. The van der Waals surface area contributed by atoms with E-state index < -0.39 is 0 Å². The predicted octanol–water partition coefficient (Wildman–Crippen LogP) is 1.40. The molecule has 2 saturated heterocycles. The highest BCUT2D eigenvalue weighted by atomic mass is 16.5. The first-order valence-corrected chi connectivity index (χ1v) is 8.73. The van der Waals surface area contributed by atoms with Gasteiger partial charge in [0.05, 0.1) is 18.8 Å². The minimum Gasteiger partial charge on any atom is -0.481 e. The summed E-state index contributed by atoms with van der Waals surface area (Å²) in [6.07, 6.45) is 6.97. The van der Waals surface area contributed by atoms with Gasteiger partial charge in [0, 0.05) is 61.9 Å². The van der Waals surface area contributed by atoms with Crippen LogP contribution in [0.1, 0.15) is 0 Å². The molecule has 3 aromatic rings. The third-order valence-corrected chi connectivity index (χ3v) is 5.31. The van der Waals surface area contributed by atoms with Gasteiger partial charge in [0.25, 0.3) is 0 Å². The number of nitrogens with zero attached hydrogens (tertiary/aromatic N) is 7. The summed E-state index contributed by atoms with van der Waals surface area (Å²) in [5.74, 6) is 3.53. The maximum Gasteiger partial charge on any atom is 0.228 e. The molecular weight excluding hydrogens is 330 g/mol. The van der Waals surface area contributed by atoms with Crippen LogP contribution in [0, 0.1) is 11.8 Å². The second-order valence-electron chi connectivity index (χ2n) is 6.82. The van der Waals surface area contributed by atoms with Crippen molar-refractivity contribution < 1.29 is 4.74 Å². The second-order valence-corrected chi connectivity index (χ2v) is 6.82. The van der Waals surface area contributed by atoms with Gasteiger partial charge in [0.1, 0.15) is 12.1 Å². The van der Waals surface area contributed by atoms with E-state index in [4.69, 9.17) is 4.74 Å². The molecule has 0 aliphatic carbocycles. The fourth-order valence-corrected chi connectivity index (χ4v) is 4.07. The molecule has 0 spiro atoms. The number of ether oxygens (including phenoxy) is 1. The van der Waals surface area contributed by atoms with Crippen molar-refractivity contribution in [2.45, 2.75) is 0 Å². The van der Waals surface area contributed by atoms with Crippen molar-refractivity contribution in [1.82, 2.24) is 24.9 Å². The number of aromatic nitrogens is 5. The van der Waals surface area contributed by atoms with Crippen molar-refractivity contribution in [1.29, 1.82) is 0 Å². The smallest absolute Gasteiger partial charge is 0.228 e. The molecule has 0 aromatic carbocycles. The van der Waals surface area contributed by atoms with Gasteiger partial charge in [0.15, 0.2) is 0 Å². The lowest BCUT2D eigenvalue weighted by atomic mass is 10.0. The summed E-state index contributed by atoms with van der Waals surface area (Å²) in [7, 11) is 1.63. The Labute approximate surface area is 150 Å². The van der Waals surface area contributed by atoms with E-state index in [9.17, 15) is 0 Å². The lowest BCUT2D eigenvalue weighted by Gasteiger charge is -2.23. The number of anilines is 2. The summed E-state index contributed by atoms with van der Waals surface area (Å²) in [6.45, 7) is 3.89.